The predicted molar refractivity (Wildman–Crippen MR) is 110 cm³/mol. The highest BCUT2D eigenvalue weighted by Gasteiger charge is 2.15. The molecule has 1 amide bonds. The largest absolute Gasteiger partial charge is 0.324 e. The molecule has 0 fully saturated rings. The molecule has 1 heterocycles. The molecule has 0 bridgehead atoms. The summed E-state index contributed by atoms with van der Waals surface area (Å²) >= 11 is 0. The van der Waals surface area contributed by atoms with E-state index in [4.69, 9.17) is 4.98 Å². The minimum atomic E-state index is -0.0657. The van der Waals surface area contributed by atoms with Crippen molar-refractivity contribution in [2.24, 2.45) is 0 Å². The molecule has 4 rings (SSSR count). The molecule has 0 unspecified atom stereocenters. The first kappa shape index (κ1) is 17.0. The molecule has 3 aromatic carbocycles. The van der Waals surface area contributed by atoms with Crippen molar-refractivity contribution < 1.29 is 4.79 Å². The number of carbonyl (C=O) groups excluding carboxylic acids is 1. The van der Waals surface area contributed by atoms with Crippen molar-refractivity contribution in [1.82, 2.24) is 9.55 Å². The lowest BCUT2D eigenvalue weighted by molar-refractivity contribution is -0.116. The quantitative estimate of drug-likeness (QED) is 0.562. The van der Waals surface area contributed by atoms with Crippen molar-refractivity contribution in [2.45, 2.75) is 20.4 Å². The Hall–Kier alpha value is -3.40. The van der Waals surface area contributed by atoms with Crippen LogP contribution < -0.4 is 5.32 Å². The number of nitrogens with zero attached hydrogens (tertiary/aromatic N) is 2. The average Bonchev–Trinajstić information content (AvgIpc) is 3.05. The van der Waals surface area contributed by atoms with Gasteiger partial charge in [-0.3, -0.25) is 4.79 Å². The van der Waals surface area contributed by atoms with E-state index in [0.29, 0.717) is 0 Å². The van der Waals surface area contributed by atoms with E-state index in [9.17, 15) is 4.79 Å². The molecule has 0 aliphatic carbocycles. The summed E-state index contributed by atoms with van der Waals surface area (Å²) < 4.78 is 1.98. The van der Waals surface area contributed by atoms with Gasteiger partial charge in [0.15, 0.2) is 0 Å². The predicted octanol–water partition coefficient (Wildman–Crippen LogP) is 4.96. The number of aryl methyl sites for hydroxylation is 1. The zero-order chi connectivity index (χ0) is 18.8. The van der Waals surface area contributed by atoms with Gasteiger partial charge in [-0.1, -0.05) is 54.6 Å². The Bertz CT molecular complexity index is 1110. The van der Waals surface area contributed by atoms with E-state index in [1.54, 1.807) is 0 Å². The zero-order valence-corrected chi connectivity index (χ0v) is 15.4. The molecule has 1 aromatic heterocycles. The van der Waals surface area contributed by atoms with E-state index >= 15 is 0 Å². The third kappa shape index (κ3) is 3.34. The van der Waals surface area contributed by atoms with Crippen LogP contribution in [0.4, 0.5) is 5.69 Å². The van der Waals surface area contributed by atoms with Crippen LogP contribution in [0.3, 0.4) is 0 Å². The summed E-state index contributed by atoms with van der Waals surface area (Å²) in [5.41, 5.74) is 5.93. The lowest BCUT2D eigenvalue weighted by Gasteiger charge is -2.13. The summed E-state index contributed by atoms with van der Waals surface area (Å²) in [5.74, 6) is 0.733. The summed E-state index contributed by atoms with van der Waals surface area (Å²) in [5, 5.41) is 3.05. The molecule has 0 saturated heterocycles. The molecule has 4 nitrogen and oxygen atoms in total. The lowest BCUT2D eigenvalue weighted by atomic mass is 10.1. The van der Waals surface area contributed by atoms with Crippen LogP contribution in [0.15, 0.2) is 72.8 Å². The number of rotatable bonds is 4. The van der Waals surface area contributed by atoms with E-state index < -0.39 is 0 Å². The Morgan fingerprint density at radius 1 is 0.926 bits per heavy atom. The Morgan fingerprint density at radius 2 is 1.67 bits per heavy atom. The van der Waals surface area contributed by atoms with Crippen LogP contribution in [0.5, 0.6) is 0 Å². The molecule has 4 heteroatoms. The minimum absolute atomic E-state index is 0.0657. The summed E-state index contributed by atoms with van der Waals surface area (Å²) in [6, 6.07) is 23.8. The van der Waals surface area contributed by atoms with Gasteiger partial charge in [-0.05, 0) is 43.2 Å². The van der Waals surface area contributed by atoms with Crippen LogP contribution in [0.25, 0.3) is 22.4 Å². The number of para-hydroxylation sites is 2. The maximum Gasteiger partial charge on any atom is 0.244 e. The SMILES string of the molecule is Cc1cccc(NC(=O)Cn2c(-c3ccccc3)nc3ccccc32)c1C. The summed E-state index contributed by atoms with van der Waals surface area (Å²) in [4.78, 5) is 17.6. The molecule has 0 radical (unpaired) electrons. The maximum atomic E-state index is 12.8. The molecular formula is C23H21N3O. The topological polar surface area (TPSA) is 46.9 Å². The normalized spacial score (nSPS) is 10.9. The second-order valence-corrected chi connectivity index (χ2v) is 6.67. The van der Waals surface area contributed by atoms with Crippen molar-refractivity contribution in [3.8, 4) is 11.4 Å². The van der Waals surface area contributed by atoms with Gasteiger partial charge in [0.25, 0.3) is 0 Å². The van der Waals surface area contributed by atoms with E-state index in [1.807, 2.05) is 91.2 Å². The number of fused-ring (bicyclic) bond motifs is 1. The van der Waals surface area contributed by atoms with Crippen LogP contribution in [0.2, 0.25) is 0 Å². The van der Waals surface area contributed by atoms with Crippen LogP contribution in [-0.2, 0) is 11.3 Å². The van der Waals surface area contributed by atoms with Gasteiger partial charge in [0, 0.05) is 11.3 Å². The van der Waals surface area contributed by atoms with E-state index in [-0.39, 0.29) is 12.5 Å². The highest BCUT2D eigenvalue weighted by molar-refractivity contribution is 5.93. The van der Waals surface area contributed by atoms with Crippen molar-refractivity contribution >= 4 is 22.6 Å². The first-order valence-electron chi connectivity index (χ1n) is 9.00. The van der Waals surface area contributed by atoms with Gasteiger partial charge in [-0.15, -0.1) is 0 Å². The lowest BCUT2D eigenvalue weighted by Crippen LogP contribution is -2.20. The highest BCUT2D eigenvalue weighted by Crippen LogP contribution is 2.25. The van der Waals surface area contributed by atoms with Gasteiger partial charge < -0.3 is 9.88 Å². The fourth-order valence-electron chi connectivity index (χ4n) is 3.26. The number of amides is 1. The fraction of sp³-hybridized carbons (Fsp3) is 0.130. The van der Waals surface area contributed by atoms with E-state index in [1.165, 1.54) is 0 Å². The molecule has 0 saturated carbocycles. The van der Waals surface area contributed by atoms with Gasteiger partial charge >= 0.3 is 0 Å². The zero-order valence-electron chi connectivity index (χ0n) is 15.4. The molecule has 0 aliphatic heterocycles. The van der Waals surface area contributed by atoms with Crippen LogP contribution >= 0.6 is 0 Å². The van der Waals surface area contributed by atoms with Gasteiger partial charge in [-0.25, -0.2) is 4.98 Å². The number of hydrogen-bond donors (Lipinski definition) is 1. The molecule has 0 aliphatic rings. The second-order valence-electron chi connectivity index (χ2n) is 6.67. The Balaban J connectivity index is 1.70. The standard InChI is InChI=1S/C23H21N3O/c1-16-9-8-13-19(17(16)2)24-22(27)15-26-21-14-7-6-12-20(21)25-23(26)18-10-4-3-5-11-18/h3-14H,15H2,1-2H3,(H,24,27). The molecule has 0 spiro atoms. The Morgan fingerprint density at radius 3 is 2.48 bits per heavy atom. The van der Waals surface area contributed by atoms with Gasteiger partial charge in [0.1, 0.15) is 12.4 Å². The first-order valence-corrected chi connectivity index (χ1v) is 9.00. The second kappa shape index (κ2) is 7.08. The van der Waals surface area contributed by atoms with Crippen molar-refractivity contribution in [1.29, 1.82) is 0 Å². The number of carbonyl (C=O) groups is 1. The fourth-order valence-corrected chi connectivity index (χ4v) is 3.26. The van der Waals surface area contributed by atoms with Crippen molar-refractivity contribution in [2.75, 3.05) is 5.32 Å². The van der Waals surface area contributed by atoms with E-state index in [2.05, 4.69) is 5.32 Å². The Kier molecular flexibility index (Phi) is 4.47. The summed E-state index contributed by atoms with van der Waals surface area (Å²) in [6.07, 6.45) is 0. The third-order valence-corrected chi connectivity index (χ3v) is 4.87. The number of hydrogen-bond acceptors (Lipinski definition) is 2. The van der Waals surface area contributed by atoms with Gasteiger partial charge in [0.05, 0.1) is 11.0 Å². The third-order valence-electron chi connectivity index (χ3n) is 4.87. The first-order chi connectivity index (χ1) is 13.1. The number of aromatic nitrogens is 2. The monoisotopic (exact) mass is 355 g/mol. The smallest absolute Gasteiger partial charge is 0.244 e. The number of nitrogens with one attached hydrogen (secondary N) is 1. The molecule has 0 atom stereocenters. The summed E-state index contributed by atoms with van der Waals surface area (Å²) in [7, 11) is 0. The van der Waals surface area contributed by atoms with E-state index in [0.717, 1.165) is 39.2 Å². The molecular weight excluding hydrogens is 334 g/mol. The maximum absolute atomic E-state index is 12.8. The molecule has 4 aromatic rings. The molecule has 1 N–H and O–H groups in total. The van der Waals surface area contributed by atoms with Crippen LogP contribution in [-0.4, -0.2) is 15.5 Å². The highest BCUT2D eigenvalue weighted by atomic mass is 16.1. The van der Waals surface area contributed by atoms with Crippen LogP contribution in [0, 0.1) is 13.8 Å². The van der Waals surface area contributed by atoms with Crippen molar-refractivity contribution in [3.05, 3.63) is 83.9 Å². The van der Waals surface area contributed by atoms with Gasteiger partial charge in [0.2, 0.25) is 5.91 Å². The van der Waals surface area contributed by atoms with Gasteiger partial charge in [-0.2, -0.15) is 0 Å². The number of imidazole rings is 1. The Labute approximate surface area is 158 Å². The average molecular weight is 355 g/mol. The number of anilines is 1. The molecule has 27 heavy (non-hydrogen) atoms. The van der Waals surface area contributed by atoms with Crippen LogP contribution in [0.1, 0.15) is 11.1 Å². The molecule has 134 valence electrons. The minimum Gasteiger partial charge on any atom is -0.324 e. The van der Waals surface area contributed by atoms with Crippen molar-refractivity contribution in [3.63, 3.8) is 0 Å². The summed E-state index contributed by atoms with van der Waals surface area (Å²) in [6.45, 7) is 4.27. The number of benzene rings is 3.